The first kappa shape index (κ1) is 21.4. The molecule has 0 aliphatic heterocycles. The molecule has 2 N–H and O–H groups in total. The van der Waals surface area contributed by atoms with Crippen LogP contribution in [0, 0.1) is 20.8 Å². The molecular formula is C23H29N3O2. The van der Waals surface area contributed by atoms with E-state index in [4.69, 9.17) is 0 Å². The van der Waals surface area contributed by atoms with E-state index in [0.717, 1.165) is 27.9 Å². The van der Waals surface area contributed by atoms with Gasteiger partial charge in [0.1, 0.15) is 0 Å². The molecule has 2 aromatic rings. The molecule has 0 radical (unpaired) electrons. The molecule has 0 aliphatic rings. The summed E-state index contributed by atoms with van der Waals surface area (Å²) in [4.78, 5) is 24.1. The van der Waals surface area contributed by atoms with Crippen LogP contribution in [0.25, 0.3) is 0 Å². The van der Waals surface area contributed by atoms with E-state index in [1.54, 1.807) is 6.21 Å². The van der Waals surface area contributed by atoms with E-state index in [1.165, 1.54) is 5.56 Å². The molecule has 0 fully saturated rings. The van der Waals surface area contributed by atoms with Crippen molar-refractivity contribution in [2.24, 2.45) is 5.10 Å². The van der Waals surface area contributed by atoms with Gasteiger partial charge in [0.05, 0.1) is 6.21 Å². The van der Waals surface area contributed by atoms with Crippen molar-refractivity contribution >= 4 is 23.7 Å². The smallest absolute Gasteiger partial charge is 0.240 e. The Hall–Kier alpha value is -2.95. The quantitative estimate of drug-likeness (QED) is 0.545. The largest absolute Gasteiger partial charge is 0.326 e. The van der Waals surface area contributed by atoms with Crippen molar-refractivity contribution in [1.29, 1.82) is 0 Å². The lowest BCUT2D eigenvalue weighted by Crippen LogP contribution is -2.21. The summed E-state index contributed by atoms with van der Waals surface area (Å²) in [6.45, 7) is 10.2. The summed E-state index contributed by atoms with van der Waals surface area (Å²) in [5.74, 6) is 0.00494. The first-order chi connectivity index (χ1) is 13.3. The SMILES string of the molecule is Cc1cc(C)c(NC(=O)CCC(=O)N/N=C/c2ccc(C(C)C)cc2)c(C)c1. The normalized spacial score (nSPS) is 11.1. The van der Waals surface area contributed by atoms with Gasteiger partial charge in [-0.2, -0.15) is 5.10 Å². The van der Waals surface area contributed by atoms with E-state index in [-0.39, 0.29) is 24.7 Å². The van der Waals surface area contributed by atoms with Crippen molar-refractivity contribution in [2.45, 2.75) is 53.4 Å². The van der Waals surface area contributed by atoms with E-state index in [1.807, 2.05) is 57.2 Å². The van der Waals surface area contributed by atoms with Crippen LogP contribution in [0.3, 0.4) is 0 Å². The Bertz CT molecular complexity index is 845. The number of benzene rings is 2. The van der Waals surface area contributed by atoms with Gasteiger partial charge in [-0.05, 0) is 48.9 Å². The van der Waals surface area contributed by atoms with E-state index in [2.05, 4.69) is 29.7 Å². The second-order valence-electron chi connectivity index (χ2n) is 7.44. The van der Waals surface area contributed by atoms with Gasteiger partial charge in [0.15, 0.2) is 0 Å². The van der Waals surface area contributed by atoms with Gasteiger partial charge >= 0.3 is 0 Å². The molecule has 28 heavy (non-hydrogen) atoms. The highest BCUT2D eigenvalue weighted by Crippen LogP contribution is 2.22. The molecule has 148 valence electrons. The number of hydrogen-bond donors (Lipinski definition) is 2. The maximum atomic E-state index is 12.2. The standard InChI is InChI=1S/C23H29N3O2/c1-15(2)20-8-6-19(7-9-20)14-24-26-22(28)11-10-21(27)25-23-17(4)12-16(3)13-18(23)5/h6-9,12-15H,10-11H2,1-5H3,(H,25,27)(H,26,28)/b24-14+. The summed E-state index contributed by atoms with van der Waals surface area (Å²) in [5, 5.41) is 6.86. The number of amides is 2. The van der Waals surface area contributed by atoms with Gasteiger partial charge < -0.3 is 5.32 Å². The maximum absolute atomic E-state index is 12.2. The number of rotatable bonds is 7. The molecule has 2 aromatic carbocycles. The number of aryl methyl sites for hydroxylation is 3. The molecule has 0 saturated carbocycles. The second-order valence-corrected chi connectivity index (χ2v) is 7.44. The zero-order valence-electron chi connectivity index (χ0n) is 17.3. The minimum absolute atomic E-state index is 0.0828. The van der Waals surface area contributed by atoms with Crippen LogP contribution in [0.1, 0.15) is 60.4 Å². The third kappa shape index (κ3) is 6.34. The Morgan fingerprint density at radius 2 is 1.54 bits per heavy atom. The van der Waals surface area contributed by atoms with Crippen LogP contribution in [0.5, 0.6) is 0 Å². The Balaban J connectivity index is 1.80. The van der Waals surface area contributed by atoms with Crippen molar-refractivity contribution in [3.63, 3.8) is 0 Å². The predicted octanol–water partition coefficient (Wildman–Crippen LogP) is 4.60. The van der Waals surface area contributed by atoms with Crippen LogP contribution in [0.4, 0.5) is 5.69 Å². The molecule has 0 spiro atoms. The van der Waals surface area contributed by atoms with Gasteiger partial charge in [0.25, 0.3) is 0 Å². The lowest BCUT2D eigenvalue weighted by Gasteiger charge is -2.12. The molecule has 0 atom stereocenters. The van der Waals surface area contributed by atoms with Gasteiger partial charge in [0, 0.05) is 18.5 Å². The number of anilines is 1. The Kier molecular flexibility index (Phi) is 7.50. The molecule has 5 heteroatoms. The Morgan fingerprint density at radius 1 is 0.964 bits per heavy atom. The molecule has 2 amide bonds. The predicted molar refractivity (Wildman–Crippen MR) is 115 cm³/mol. The Labute approximate surface area is 167 Å². The molecule has 0 aliphatic carbocycles. The van der Waals surface area contributed by atoms with Crippen LogP contribution in [-0.2, 0) is 9.59 Å². The lowest BCUT2D eigenvalue weighted by atomic mass is 10.0. The molecular weight excluding hydrogens is 350 g/mol. The summed E-state index contributed by atoms with van der Waals surface area (Å²) in [5.41, 5.74) is 8.64. The number of carbonyl (C=O) groups excluding carboxylic acids is 2. The molecule has 0 saturated heterocycles. The van der Waals surface area contributed by atoms with E-state index >= 15 is 0 Å². The zero-order chi connectivity index (χ0) is 20.7. The average molecular weight is 380 g/mol. The van der Waals surface area contributed by atoms with Crippen molar-refractivity contribution in [3.05, 3.63) is 64.2 Å². The van der Waals surface area contributed by atoms with E-state index in [0.29, 0.717) is 5.92 Å². The highest BCUT2D eigenvalue weighted by Gasteiger charge is 2.10. The first-order valence-electron chi connectivity index (χ1n) is 9.56. The third-order valence-electron chi connectivity index (χ3n) is 4.53. The highest BCUT2D eigenvalue weighted by molar-refractivity contribution is 5.94. The van der Waals surface area contributed by atoms with Gasteiger partial charge in [0.2, 0.25) is 11.8 Å². The molecule has 0 bridgehead atoms. The molecule has 5 nitrogen and oxygen atoms in total. The number of hydrogen-bond acceptors (Lipinski definition) is 3. The van der Waals surface area contributed by atoms with Crippen LogP contribution in [0.2, 0.25) is 0 Å². The van der Waals surface area contributed by atoms with Gasteiger partial charge in [-0.15, -0.1) is 0 Å². The highest BCUT2D eigenvalue weighted by atomic mass is 16.2. The molecule has 0 heterocycles. The summed E-state index contributed by atoms with van der Waals surface area (Å²) in [6.07, 6.45) is 1.79. The number of nitrogens with zero attached hydrogens (tertiary/aromatic N) is 1. The van der Waals surface area contributed by atoms with Crippen LogP contribution < -0.4 is 10.7 Å². The van der Waals surface area contributed by atoms with Crippen molar-refractivity contribution in [1.82, 2.24) is 5.43 Å². The lowest BCUT2D eigenvalue weighted by molar-refractivity contribution is -0.124. The summed E-state index contributed by atoms with van der Waals surface area (Å²) < 4.78 is 0. The number of hydrazone groups is 1. The van der Waals surface area contributed by atoms with Crippen LogP contribution >= 0.6 is 0 Å². The van der Waals surface area contributed by atoms with Crippen molar-refractivity contribution in [2.75, 3.05) is 5.32 Å². The summed E-state index contributed by atoms with van der Waals surface area (Å²) in [6, 6.07) is 12.1. The summed E-state index contributed by atoms with van der Waals surface area (Å²) >= 11 is 0. The van der Waals surface area contributed by atoms with Gasteiger partial charge in [-0.1, -0.05) is 55.8 Å². The van der Waals surface area contributed by atoms with E-state index in [9.17, 15) is 9.59 Å². The van der Waals surface area contributed by atoms with Gasteiger partial charge in [-0.3, -0.25) is 9.59 Å². The minimum atomic E-state index is -0.289. The topological polar surface area (TPSA) is 70.6 Å². The number of nitrogens with one attached hydrogen (secondary N) is 2. The Morgan fingerprint density at radius 3 is 2.11 bits per heavy atom. The van der Waals surface area contributed by atoms with E-state index < -0.39 is 0 Å². The van der Waals surface area contributed by atoms with Gasteiger partial charge in [-0.25, -0.2) is 5.43 Å². The van der Waals surface area contributed by atoms with Crippen molar-refractivity contribution in [3.8, 4) is 0 Å². The minimum Gasteiger partial charge on any atom is -0.326 e. The fourth-order valence-corrected chi connectivity index (χ4v) is 3.01. The average Bonchev–Trinajstić information content (AvgIpc) is 2.63. The third-order valence-corrected chi connectivity index (χ3v) is 4.53. The van der Waals surface area contributed by atoms with Crippen molar-refractivity contribution < 1.29 is 9.59 Å². The van der Waals surface area contributed by atoms with Crippen LogP contribution in [0.15, 0.2) is 41.5 Å². The maximum Gasteiger partial charge on any atom is 0.240 e. The molecule has 2 rings (SSSR count). The summed E-state index contributed by atoms with van der Waals surface area (Å²) in [7, 11) is 0. The molecule has 0 aromatic heterocycles. The zero-order valence-corrected chi connectivity index (χ0v) is 17.3. The fraction of sp³-hybridized carbons (Fsp3) is 0.348. The first-order valence-corrected chi connectivity index (χ1v) is 9.56. The second kappa shape index (κ2) is 9.83. The monoisotopic (exact) mass is 379 g/mol. The molecule has 0 unspecified atom stereocenters. The fourth-order valence-electron chi connectivity index (χ4n) is 3.01. The van der Waals surface area contributed by atoms with Crippen LogP contribution in [-0.4, -0.2) is 18.0 Å². The number of carbonyl (C=O) groups is 2.